The van der Waals surface area contributed by atoms with Gasteiger partial charge in [0.1, 0.15) is 24.1 Å². The highest BCUT2D eigenvalue weighted by atomic mass is 32.2. The van der Waals surface area contributed by atoms with Crippen LogP contribution in [0.3, 0.4) is 0 Å². The van der Waals surface area contributed by atoms with Crippen LogP contribution in [0.25, 0.3) is 0 Å². The fourth-order valence-corrected chi connectivity index (χ4v) is 5.17. The highest BCUT2D eigenvalue weighted by Crippen LogP contribution is 2.38. The molecule has 1 N–H and O–H groups in total. The Balaban J connectivity index is 1.47. The van der Waals surface area contributed by atoms with Crippen molar-refractivity contribution in [1.29, 1.82) is 0 Å². The van der Waals surface area contributed by atoms with Crippen LogP contribution in [-0.2, 0) is 19.3 Å². The topological polar surface area (TPSA) is 120 Å². The second kappa shape index (κ2) is 11.1. The Morgan fingerprint density at radius 2 is 1.71 bits per heavy atom. The first-order valence-corrected chi connectivity index (χ1v) is 13.8. The summed E-state index contributed by atoms with van der Waals surface area (Å²) in [4.78, 5) is 21.2. The third kappa shape index (κ3) is 6.91. The molecule has 1 aromatic carbocycles. The summed E-state index contributed by atoms with van der Waals surface area (Å²) in [7, 11) is -3.64. The number of amides is 1. The van der Waals surface area contributed by atoms with Crippen molar-refractivity contribution < 1.29 is 58.2 Å². The monoisotopic (exact) mass is 616 g/mol. The SMILES string of the molecule is Cc1c(Nc2ccc(S(C)(=O)=O)cc2F)ncnc1OC1CC2COCC(C1)N2C(=O)OC(C(F)(F)F)C(F)(F)F. The maximum atomic E-state index is 14.5. The third-order valence-corrected chi connectivity index (χ3v) is 7.55. The molecule has 0 radical (unpaired) electrons. The van der Waals surface area contributed by atoms with Crippen molar-refractivity contribution in [1.82, 2.24) is 14.9 Å². The van der Waals surface area contributed by atoms with Crippen LogP contribution in [0.15, 0.2) is 29.4 Å². The van der Waals surface area contributed by atoms with Gasteiger partial charge >= 0.3 is 18.4 Å². The van der Waals surface area contributed by atoms with Gasteiger partial charge in [-0.05, 0) is 25.1 Å². The number of alkyl halides is 6. The van der Waals surface area contributed by atoms with E-state index in [0.717, 1.165) is 23.5 Å². The Morgan fingerprint density at radius 1 is 1.10 bits per heavy atom. The molecule has 41 heavy (non-hydrogen) atoms. The number of hydrogen-bond donors (Lipinski definition) is 1. The number of nitrogens with one attached hydrogen (secondary N) is 1. The summed E-state index contributed by atoms with van der Waals surface area (Å²) in [6.07, 6.45) is -16.4. The molecule has 2 aromatic rings. The first-order valence-electron chi connectivity index (χ1n) is 11.9. The lowest BCUT2D eigenvalue weighted by atomic mass is 9.92. The zero-order valence-corrected chi connectivity index (χ0v) is 22.1. The van der Waals surface area contributed by atoms with Crippen molar-refractivity contribution >= 4 is 27.4 Å². The third-order valence-electron chi connectivity index (χ3n) is 6.44. The van der Waals surface area contributed by atoms with Crippen LogP contribution in [-0.4, -0.2) is 85.5 Å². The predicted octanol–water partition coefficient (Wildman–Crippen LogP) is 4.31. The summed E-state index contributed by atoms with van der Waals surface area (Å²) >= 11 is 0. The van der Waals surface area contributed by atoms with Crippen LogP contribution < -0.4 is 10.1 Å². The Kier molecular flexibility index (Phi) is 8.28. The van der Waals surface area contributed by atoms with Gasteiger partial charge in [-0.2, -0.15) is 26.3 Å². The van der Waals surface area contributed by atoms with E-state index < -0.39 is 58.4 Å². The van der Waals surface area contributed by atoms with Gasteiger partial charge in [-0.3, -0.25) is 4.90 Å². The molecule has 1 amide bonds. The molecule has 2 fully saturated rings. The van der Waals surface area contributed by atoms with E-state index in [1.54, 1.807) is 6.92 Å². The summed E-state index contributed by atoms with van der Waals surface area (Å²) in [5.41, 5.74) is 0.236. The lowest BCUT2D eigenvalue weighted by molar-refractivity contribution is -0.309. The zero-order chi connectivity index (χ0) is 30.3. The van der Waals surface area contributed by atoms with Crippen molar-refractivity contribution in [3.05, 3.63) is 35.9 Å². The standard InChI is InChI=1S/C23H23F7N4O6S/c1-11-18(33-17-4-3-15(7-16(17)24)41(2,36)37)31-10-32-19(11)39-14-5-12-8-38-9-13(6-14)34(12)21(35)40-20(22(25,26)27)23(28,29)30/h3-4,7,10,12-14,20H,5-6,8-9H2,1-2H3,(H,31,32,33). The summed E-state index contributed by atoms with van der Waals surface area (Å²) < 4.78 is 130. The molecule has 2 unspecified atom stereocenters. The minimum atomic E-state index is -5.85. The van der Waals surface area contributed by atoms with Gasteiger partial charge in [-0.15, -0.1) is 0 Å². The molecule has 2 aliphatic heterocycles. The second-order valence-electron chi connectivity index (χ2n) is 9.50. The van der Waals surface area contributed by atoms with Gasteiger partial charge in [0.2, 0.25) is 5.88 Å². The first-order chi connectivity index (χ1) is 18.9. The minimum Gasteiger partial charge on any atom is -0.474 e. The maximum Gasteiger partial charge on any atom is 0.434 e. The van der Waals surface area contributed by atoms with E-state index in [2.05, 4.69) is 20.0 Å². The molecule has 2 bridgehead atoms. The number of nitrogens with zero attached hydrogens (tertiary/aromatic N) is 3. The van der Waals surface area contributed by atoms with Crippen LogP contribution >= 0.6 is 0 Å². The number of sulfone groups is 1. The van der Waals surface area contributed by atoms with E-state index in [4.69, 9.17) is 9.47 Å². The number of rotatable bonds is 6. The van der Waals surface area contributed by atoms with Gasteiger partial charge in [0.05, 0.1) is 41.4 Å². The van der Waals surface area contributed by atoms with Gasteiger partial charge in [0.25, 0.3) is 6.10 Å². The van der Waals surface area contributed by atoms with Crippen LogP contribution in [0.1, 0.15) is 18.4 Å². The molecule has 2 saturated heterocycles. The minimum absolute atomic E-state index is 0.0257. The van der Waals surface area contributed by atoms with Crippen molar-refractivity contribution in [2.45, 2.75) is 61.3 Å². The molecule has 226 valence electrons. The molecule has 0 spiro atoms. The van der Waals surface area contributed by atoms with E-state index in [1.165, 1.54) is 12.1 Å². The second-order valence-corrected chi connectivity index (χ2v) is 11.5. The number of fused-ring (bicyclic) bond motifs is 2. The van der Waals surface area contributed by atoms with Crippen molar-refractivity contribution in [2.75, 3.05) is 24.8 Å². The smallest absolute Gasteiger partial charge is 0.434 e. The van der Waals surface area contributed by atoms with Gasteiger partial charge < -0.3 is 19.5 Å². The number of halogens is 7. The van der Waals surface area contributed by atoms with Crippen LogP contribution in [0.2, 0.25) is 0 Å². The van der Waals surface area contributed by atoms with Crippen molar-refractivity contribution in [2.24, 2.45) is 0 Å². The van der Waals surface area contributed by atoms with E-state index >= 15 is 0 Å². The Bertz CT molecular complexity index is 1380. The quantitative estimate of drug-likeness (QED) is 0.474. The highest BCUT2D eigenvalue weighted by molar-refractivity contribution is 7.90. The number of carbonyl (C=O) groups is 1. The Morgan fingerprint density at radius 3 is 2.24 bits per heavy atom. The number of carbonyl (C=O) groups excluding carboxylic acids is 1. The fraction of sp³-hybridized carbons (Fsp3) is 0.522. The highest BCUT2D eigenvalue weighted by Gasteiger charge is 2.61. The molecule has 3 heterocycles. The largest absolute Gasteiger partial charge is 0.474 e. The number of hydrogen-bond acceptors (Lipinski definition) is 9. The first kappa shape index (κ1) is 30.5. The van der Waals surface area contributed by atoms with Crippen molar-refractivity contribution in [3.8, 4) is 5.88 Å². The van der Waals surface area contributed by atoms with Crippen LogP contribution in [0, 0.1) is 12.7 Å². The number of morpholine rings is 1. The molecule has 10 nitrogen and oxygen atoms in total. The number of aromatic nitrogens is 2. The van der Waals surface area contributed by atoms with Gasteiger partial charge in [-0.1, -0.05) is 0 Å². The molecular formula is C23H23F7N4O6S. The molecule has 2 atom stereocenters. The summed E-state index contributed by atoms with van der Waals surface area (Å²) in [6.45, 7) is 1.20. The molecule has 1 aromatic heterocycles. The van der Waals surface area contributed by atoms with Gasteiger partial charge in [0, 0.05) is 19.1 Å². The molecular weight excluding hydrogens is 593 g/mol. The lowest BCUT2D eigenvalue weighted by Crippen LogP contribution is -2.62. The Labute approximate surface area is 228 Å². The van der Waals surface area contributed by atoms with E-state index in [9.17, 15) is 43.9 Å². The summed E-state index contributed by atoms with van der Waals surface area (Å²) in [5.74, 6) is -0.695. The molecule has 4 rings (SSSR count). The fourth-order valence-electron chi connectivity index (χ4n) is 4.53. The normalized spacial score (nSPS) is 21.5. The van der Waals surface area contributed by atoms with E-state index in [1.807, 2.05) is 0 Å². The van der Waals surface area contributed by atoms with E-state index in [0.29, 0.717) is 5.56 Å². The van der Waals surface area contributed by atoms with E-state index in [-0.39, 0.29) is 48.3 Å². The predicted molar refractivity (Wildman–Crippen MR) is 126 cm³/mol. The zero-order valence-electron chi connectivity index (χ0n) is 21.3. The van der Waals surface area contributed by atoms with Crippen molar-refractivity contribution in [3.63, 3.8) is 0 Å². The summed E-state index contributed by atoms with van der Waals surface area (Å²) in [6, 6.07) is 1.39. The average Bonchev–Trinajstić information content (AvgIpc) is 2.83. The number of ether oxygens (including phenoxy) is 3. The number of benzene rings is 1. The van der Waals surface area contributed by atoms with Crippen LogP contribution in [0.4, 0.5) is 47.0 Å². The molecule has 2 aliphatic rings. The Hall–Kier alpha value is -3.41. The average molecular weight is 617 g/mol. The summed E-state index contributed by atoms with van der Waals surface area (Å²) in [5, 5.41) is 2.73. The molecule has 18 heteroatoms. The van der Waals surface area contributed by atoms with Gasteiger partial charge in [-0.25, -0.2) is 27.6 Å². The maximum absolute atomic E-state index is 14.5. The molecule has 0 saturated carbocycles. The van der Waals surface area contributed by atoms with Crippen LogP contribution in [0.5, 0.6) is 5.88 Å². The number of anilines is 2. The lowest BCUT2D eigenvalue weighted by Gasteiger charge is -2.47. The number of piperidine rings is 1. The van der Waals surface area contributed by atoms with Gasteiger partial charge in [0.15, 0.2) is 9.84 Å². The molecule has 0 aliphatic carbocycles.